The number of nitrogens with two attached hydrogens (primary N) is 1. The molecule has 0 saturated heterocycles. The van der Waals surface area contributed by atoms with Crippen molar-refractivity contribution >= 4 is 31.1 Å². The van der Waals surface area contributed by atoms with Crippen molar-refractivity contribution in [2.45, 2.75) is 45.5 Å². The Morgan fingerprint density at radius 2 is 1.67 bits per heavy atom. The Bertz CT molecular complexity index is 1700. The van der Waals surface area contributed by atoms with Crippen molar-refractivity contribution in [3.63, 3.8) is 0 Å². The van der Waals surface area contributed by atoms with E-state index in [4.69, 9.17) is 26.7 Å². The van der Waals surface area contributed by atoms with Crippen LogP contribution in [-0.4, -0.2) is 32.8 Å². The molecule has 196 valence electrons. The topological polar surface area (TPSA) is 96.1 Å². The van der Waals surface area contributed by atoms with Crippen molar-refractivity contribution in [2.24, 2.45) is 0 Å². The van der Waals surface area contributed by atoms with Gasteiger partial charge in [0.25, 0.3) is 5.82 Å². The largest absolute Gasteiger partial charge is 0.413 e. The maximum absolute atomic E-state index is 7.31. The van der Waals surface area contributed by atoms with Gasteiger partial charge in [0.05, 0.1) is 12.2 Å². The number of nitrogens with zero attached hydrogens (tertiary/aromatic N) is 6. The normalized spacial score (nSPS) is 12.0. The molecule has 1 aromatic carbocycles. The van der Waals surface area contributed by atoms with Crippen LogP contribution >= 0.6 is 0 Å². The van der Waals surface area contributed by atoms with E-state index in [0.29, 0.717) is 46.6 Å². The zero-order valence-corrected chi connectivity index (χ0v) is 23.8. The number of anilines is 1. The zero-order valence-electron chi connectivity index (χ0n) is 22.8. The quantitative estimate of drug-likeness (QED) is 0.183. The summed E-state index contributed by atoms with van der Waals surface area (Å²) in [4.78, 5) is 22.0. The van der Waals surface area contributed by atoms with Crippen molar-refractivity contribution in [2.75, 3.05) is 5.73 Å². The molecule has 0 saturated carbocycles. The number of hydrogen-bond donors (Lipinski definition) is 1. The van der Waals surface area contributed by atoms with Crippen molar-refractivity contribution in [1.82, 2.24) is 24.5 Å². The molecule has 4 aromatic heterocycles. The Morgan fingerprint density at radius 1 is 0.923 bits per heavy atom. The number of benzene rings is 1. The SMILES string of the molecule is [C-]#[N+]c1cccc(-c2ccc3nc(-c4cccnc4N)n(-c4ccc(CO[Si](C)(C)C(C)(C)C)cc4)c3n2)n1. The van der Waals surface area contributed by atoms with E-state index in [1.165, 1.54) is 0 Å². The van der Waals surface area contributed by atoms with Crippen LogP contribution in [0.25, 0.3) is 44.5 Å². The first-order valence-corrected chi connectivity index (χ1v) is 15.7. The van der Waals surface area contributed by atoms with E-state index in [-0.39, 0.29) is 5.04 Å². The van der Waals surface area contributed by atoms with Crippen molar-refractivity contribution in [3.05, 3.63) is 89.9 Å². The van der Waals surface area contributed by atoms with E-state index in [1.54, 1.807) is 12.3 Å². The van der Waals surface area contributed by atoms with Crippen LogP contribution in [0.15, 0.2) is 72.9 Å². The maximum atomic E-state index is 7.31. The predicted octanol–water partition coefficient (Wildman–Crippen LogP) is 7.20. The summed E-state index contributed by atoms with van der Waals surface area (Å²) in [5, 5.41) is 0.147. The summed E-state index contributed by atoms with van der Waals surface area (Å²) in [6.45, 7) is 19.1. The van der Waals surface area contributed by atoms with Gasteiger partial charge >= 0.3 is 0 Å². The van der Waals surface area contributed by atoms with Crippen LogP contribution in [0.2, 0.25) is 18.1 Å². The fourth-order valence-corrected chi connectivity index (χ4v) is 4.94. The second kappa shape index (κ2) is 10.1. The second-order valence-corrected chi connectivity index (χ2v) is 15.8. The second-order valence-electron chi connectivity index (χ2n) is 11.0. The van der Waals surface area contributed by atoms with Crippen LogP contribution < -0.4 is 5.73 Å². The summed E-state index contributed by atoms with van der Waals surface area (Å²) in [5.41, 5.74) is 11.6. The summed E-state index contributed by atoms with van der Waals surface area (Å²) in [5.74, 6) is 1.36. The molecule has 8 nitrogen and oxygen atoms in total. The van der Waals surface area contributed by atoms with Gasteiger partial charge < -0.3 is 15.0 Å². The first kappa shape index (κ1) is 26.2. The third-order valence-corrected chi connectivity index (χ3v) is 11.8. The number of fused-ring (bicyclic) bond motifs is 1. The van der Waals surface area contributed by atoms with Crippen molar-refractivity contribution < 1.29 is 4.43 Å². The number of nitrogen functional groups attached to an aromatic ring is 1. The zero-order chi connectivity index (χ0) is 27.8. The smallest absolute Gasteiger partial charge is 0.270 e. The molecule has 39 heavy (non-hydrogen) atoms. The van der Waals surface area contributed by atoms with Gasteiger partial charge in [-0.05, 0) is 72.2 Å². The van der Waals surface area contributed by atoms with Crippen molar-refractivity contribution in [1.29, 1.82) is 0 Å². The first-order valence-electron chi connectivity index (χ1n) is 12.8. The molecule has 0 aliphatic heterocycles. The fraction of sp³-hybridized carbons (Fsp3) is 0.233. The van der Waals surface area contributed by atoms with Crippen molar-refractivity contribution in [3.8, 4) is 28.5 Å². The minimum Gasteiger partial charge on any atom is -0.413 e. The minimum atomic E-state index is -1.87. The average molecular weight is 534 g/mol. The molecule has 5 aromatic rings. The predicted molar refractivity (Wildman–Crippen MR) is 158 cm³/mol. The van der Waals surface area contributed by atoms with Crippen LogP contribution in [0.3, 0.4) is 0 Å². The van der Waals surface area contributed by atoms with E-state index in [9.17, 15) is 0 Å². The van der Waals surface area contributed by atoms with E-state index in [0.717, 1.165) is 16.8 Å². The average Bonchev–Trinajstić information content (AvgIpc) is 3.30. The Balaban J connectivity index is 1.61. The summed E-state index contributed by atoms with van der Waals surface area (Å²) >= 11 is 0. The van der Waals surface area contributed by atoms with E-state index < -0.39 is 8.32 Å². The molecule has 0 amide bonds. The summed E-state index contributed by atoms with van der Waals surface area (Å²) < 4.78 is 8.42. The molecule has 0 aliphatic rings. The monoisotopic (exact) mass is 533 g/mol. The van der Waals surface area contributed by atoms with E-state index in [1.807, 2.05) is 53.1 Å². The van der Waals surface area contributed by atoms with Crippen LogP contribution in [0.1, 0.15) is 26.3 Å². The van der Waals surface area contributed by atoms with Gasteiger partial charge in [-0.1, -0.05) is 45.5 Å². The highest BCUT2D eigenvalue weighted by molar-refractivity contribution is 6.74. The van der Waals surface area contributed by atoms with Crippen LogP contribution in [-0.2, 0) is 11.0 Å². The molecular formula is C30H31N7OSi. The highest BCUT2D eigenvalue weighted by Crippen LogP contribution is 2.37. The molecule has 0 spiro atoms. The lowest BCUT2D eigenvalue weighted by atomic mass is 10.2. The van der Waals surface area contributed by atoms with E-state index in [2.05, 4.69) is 60.8 Å². The maximum Gasteiger partial charge on any atom is 0.270 e. The molecule has 0 atom stereocenters. The molecule has 0 unspecified atom stereocenters. The van der Waals surface area contributed by atoms with Gasteiger partial charge in [0.2, 0.25) is 0 Å². The molecule has 0 fully saturated rings. The molecule has 0 bridgehead atoms. The Labute approximate surface area is 229 Å². The molecule has 4 heterocycles. The van der Waals surface area contributed by atoms with E-state index >= 15 is 0 Å². The van der Waals surface area contributed by atoms with Crippen LogP contribution in [0, 0.1) is 6.57 Å². The lowest BCUT2D eigenvalue weighted by molar-refractivity contribution is 0.276. The molecule has 2 N–H and O–H groups in total. The fourth-order valence-electron chi connectivity index (χ4n) is 3.98. The molecule has 5 rings (SSSR count). The lowest BCUT2D eigenvalue weighted by Gasteiger charge is -2.36. The van der Waals surface area contributed by atoms with Gasteiger partial charge in [0, 0.05) is 11.9 Å². The number of imidazole rings is 1. The number of aromatic nitrogens is 5. The Hall–Kier alpha value is -4.39. The first-order chi connectivity index (χ1) is 18.6. The van der Waals surface area contributed by atoms with Crippen LogP contribution in [0.4, 0.5) is 11.6 Å². The third-order valence-electron chi connectivity index (χ3n) is 7.30. The third kappa shape index (κ3) is 5.17. The molecule has 9 heteroatoms. The number of rotatable bonds is 6. The van der Waals surface area contributed by atoms with Gasteiger partial charge in [-0.2, -0.15) is 0 Å². The summed E-state index contributed by atoms with van der Waals surface area (Å²) in [6, 6.07) is 21.1. The Morgan fingerprint density at radius 3 is 2.36 bits per heavy atom. The number of pyridine rings is 3. The van der Waals surface area contributed by atoms with Gasteiger partial charge in [-0.3, -0.25) is 4.57 Å². The molecular weight excluding hydrogens is 502 g/mol. The highest BCUT2D eigenvalue weighted by atomic mass is 28.4. The van der Waals surface area contributed by atoms with Gasteiger partial charge in [-0.25, -0.2) is 15.0 Å². The standard InChI is InChI=1S/C30H31N7OSi/c1-30(2,3)39(5,6)38-19-20-12-14-21(15-13-20)37-28(22-9-8-18-33-27(22)31)36-25-17-16-24(35-29(25)37)23-10-7-11-26(32-4)34-23/h7-18H,19H2,1-3,5-6H3,(H2,31,33). The van der Waals surface area contributed by atoms with Gasteiger partial charge in [0.1, 0.15) is 17.0 Å². The van der Waals surface area contributed by atoms with Gasteiger partial charge in [-0.15, -0.1) is 4.98 Å². The van der Waals surface area contributed by atoms with Gasteiger partial charge in [0.15, 0.2) is 25.5 Å². The molecule has 0 radical (unpaired) electrons. The summed E-state index contributed by atoms with van der Waals surface area (Å²) in [6.07, 6.45) is 1.66. The summed E-state index contributed by atoms with van der Waals surface area (Å²) in [7, 11) is -1.87. The van der Waals surface area contributed by atoms with Crippen LogP contribution in [0.5, 0.6) is 0 Å². The number of hydrogen-bond acceptors (Lipinski definition) is 6. The molecule has 0 aliphatic carbocycles. The Kier molecular flexibility index (Phi) is 6.76. The minimum absolute atomic E-state index is 0.147. The highest BCUT2D eigenvalue weighted by Gasteiger charge is 2.37. The lowest BCUT2D eigenvalue weighted by Crippen LogP contribution is -2.40.